The van der Waals surface area contributed by atoms with Gasteiger partial charge in [-0.2, -0.15) is 15.0 Å². The summed E-state index contributed by atoms with van der Waals surface area (Å²) in [4.78, 5) is 52.4. The molecule has 206 valence electrons. The van der Waals surface area contributed by atoms with Gasteiger partial charge in [0.25, 0.3) is 10.0 Å². The number of nitrogen functional groups attached to an aromatic ring is 1. The van der Waals surface area contributed by atoms with Crippen LogP contribution < -0.4 is 20.5 Å². The van der Waals surface area contributed by atoms with Gasteiger partial charge in [-0.25, -0.2) is 37.5 Å². The molecule has 18 heteroatoms. The lowest BCUT2D eigenvalue weighted by Crippen LogP contribution is -2.35. The molecule has 16 nitrogen and oxygen atoms in total. The number of urea groups is 1. The molecule has 0 unspecified atom stereocenters. The molecule has 2 amide bonds. The molecule has 0 radical (unpaired) electrons. The molecule has 0 bridgehead atoms. The lowest BCUT2D eigenvalue weighted by Gasteiger charge is -2.10. The predicted octanol–water partition coefficient (Wildman–Crippen LogP) is 1.69. The van der Waals surface area contributed by atoms with Crippen molar-refractivity contribution in [2.24, 2.45) is 0 Å². The van der Waals surface area contributed by atoms with Crippen molar-refractivity contribution in [2.45, 2.75) is 30.6 Å². The molecule has 0 aliphatic heterocycles. The van der Waals surface area contributed by atoms with E-state index in [1.807, 2.05) is 0 Å². The zero-order valence-electron chi connectivity index (χ0n) is 20.2. The average molecular weight is 581 g/mol. The number of aryl methyl sites for hydroxylation is 1. The summed E-state index contributed by atoms with van der Waals surface area (Å²) in [7, 11) is -3.11. The molecule has 0 saturated heterocycles. The second-order valence-electron chi connectivity index (χ2n) is 7.76. The van der Waals surface area contributed by atoms with Gasteiger partial charge in [-0.15, -0.1) is 0 Å². The normalized spacial score (nSPS) is 12.5. The van der Waals surface area contributed by atoms with Gasteiger partial charge in [0.05, 0.1) is 12.7 Å². The van der Waals surface area contributed by atoms with Crippen molar-refractivity contribution < 1.29 is 37.8 Å². The molecule has 2 heterocycles. The van der Waals surface area contributed by atoms with Crippen molar-refractivity contribution >= 4 is 51.4 Å². The molecule has 0 atom stereocenters. The van der Waals surface area contributed by atoms with Crippen molar-refractivity contribution in [3.8, 4) is 6.01 Å². The summed E-state index contributed by atoms with van der Waals surface area (Å²) in [6, 6.07) is 3.63. The van der Waals surface area contributed by atoms with Gasteiger partial charge in [0, 0.05) is 5.92 Å². The maximum Gasteiger partial charge on any atom is 0.356 e. The number of methoxy groups -OCH3 is 1. The van der Waals surface area contributed by atoms with Crippen LogP contribution >= 0.6 is 11.6 Å². The van der Waals surface area contributed by atoms with Crippen LogP contribution in [0.1, 0.15) is 51.3 Å². The van der Waals surface area contributed by atoms with Crippen LogP contribution in [-0.2, 0) is 10.0 Å². The van der Waals surface area contributed by atoms with Crippen LogP contribution in [0.3, 0.4) is 0 Å². The number of ether oxygens (including phenoxy) is 1. The number of aromatic carboxylic acids is 2. The third-order valence-corrected chi connectivity index (χ3v) is 6.57. The fourth-order valence-electron chi connectivity index (χ4n) is 2.93. The number of halogens is 1. The molecular formula is C21H21ClN8O8S. The number of rotatable bonds is 7. The van der Waals surface area contributed by atoms with Crippen LogP contribution in [0.5, 0.6) is 6.01 Å². The van der Waals surface area contributed by atoms with E-state index in [1.54, 1.807) is 4.72 Å². The predicted molar refractivity (Wildman–Crippen MR) is 134 cm³/mol. The van der Waals surface area contributed by atoms with E-state index in [2.05, 4.69) is 30.2 Å². The zero-order chi connectivity index (χ0) is 28.9. The van der Waals surface area contributed by atoms with Gasteiger partial charge < -0.3 is 20.7 Å². The monoisotopic (exact) mass is 580 g/mol. The molecule has 1 saturated carbocycles. The fraction of sp³-hybridized carbons (Fsp3) is 0.238. The highest BCUT2D eigenvalue weighted by molar-refractivity contribution is 7.90. The highest BCUT2D eigenvalue weighted by Gasteiger charge is 2.29. The summed E-state index contributed by atoms with van der Waals surface area (Å²) >= 11 is 5.65. The highest BCUT2D eigenvalue weighted by atomic mass is 35.5. The SMILES string of the molecule is COc1nc(C)nc(NC(=O)NS(=O)(=O)c2ccccc2C(=O)O)n1.Nc1nc(C2CC2)nc(C(=O)O)c1Cl. The van der Waals surface area contributed by atoms with Crippen molar-refractivity contribution in [2.75, 3.05) is 18.2 Å². The molecule has 39 heavy (non-hydrogen) atoms. The maximum atomic E-state index is 12.2. The van der Waals surface area contributed by atoms with E-state index in [-0.39, 0.29) is 40.2 Å². The molecule has 1 aromatic carbocycles. The molecule has 3 aromatic rings. The van der Waals surface area contributed by atoms with Crippen LogP contribution in [0.15, 0.2) is 29.2 Å². The van der Waals surface area contributed by atoms with E-state index >= 15 is 0 Å². The number of nitrogens with one attached hydrogen (secondary N) is 2. The Morgan fingerprint density at radius 3 is 2.31 bits per heavy atom. The summed E-state index contributed by atoms with van der Waals surface area (Å²) in [6.07, 6.45) is 1.97. The Hall–Kier alpha value is -4.64. The summed E-state index contributed by atoms with van der Waals surface area (Å²) in [6.45, 7) is 1.52. The Morgan fingerprint density at radius 1 is 1.05 bits per heavy atom. The second kappa shape index (κ2) is 11.8. The first-order valence-corrected chi connectivity index (χ1v) is 12.7. The Morgan fingerprint density at radius 2 is 1.72 bits per heavy atom. The molecule has 4 rings (SSSR count). The van der Waals surface area contributed by atoms with E-state index in [9.17, 15) is 22.8 Å². The van der Waals surface area contributed by atoms with Crippen molar-refractivity contribution in [3.05, 3.63) is 52.2 Å². The summed E-state index contributed by atoms with van der Waals surface area (Å²) < 4.78 is 31.0. The third-order valence-electron chi connectivity index (χ3n) is 4.81. The quantitative estimate of drug-likeness (QED) is 0.266. The van der Waals surface area contributed by atoms with Gasteiger partial charge in [0.1, 0.15) is 27.4 Å². The smallest absolute Gasteiger partial charge is 0.356 e. The standard InChI is InChI=1S/C13H13N5O6S.C8H8ClN3O2/c1-7-14-11(17-13(15-7)24-2)16-12(21)18-25(22,23)9-6-4-3-5-8(9)10(19)20;9-4-5(8(13)14)11-7(3-1-2-3)12-6(4)10/h3-6H,1-2H3,(H,19,20)(H2,14,15,16,17,18,21);3H,1-2H2,(H,13,14)(H2,10,11,12). The molecule has 6 N–H and O–H groups in total. The zero-order valence-corrected chi connectivity index (χ0v) is 21.8. The number of hydrogen-bond acceptors (Lipinski definition) is 12. The van der Waals surface area contributed by atoms with Crippen LogP contribution in [0, 0.1) is 6.92 Å². The number of benzene rings is 1. The minimum Gasteiger partial charge on any atom is -0.478 e. The van der Waals surface area contributed by atoms with Gasteiger partial charge >= 0.3 is 24.0 Å². The van der Waals surface area contributed by atoms with E-state index in [4.69, 9.17) is 32.3 Å². The lowest BCUT2D eigenvalue weighted by molar-refractivity contribution is 0.0680. The van der Waals surface area contributed by atoms with Gasteiger partial charge in [0.15, 0.2) is 5.69 Å². The topological polar surface area (TPSA) is 250 Å². The lowest BCUT2D eigenvalue weighted by atomic mass is 10.2. The number of carbonyl (C=O) groups is 3. The van der Waals surface area contributed by atoms with Crippen molar-refractivity contribution in [1.82, 2.24) is 29.6 Å². The van der Waals surface area contributed by atoms with Gasteiger partial charge in [-0.1, -0.05) is 23.7 Å². The Bertz CT molecular complexity index is 1550. The number of anilines is 2. The van der Waals surface area contributed by atoms with Crippen molar-refractivity contribution in [3.63, 3.8) is 0 Å². The van der Waals surface area contributed by atoms with Crippen LogP contribution in [0.2, 0.25) is 5.02 Å². The van der Waals surface area contributed by atoms with Gasteiger partial charge in [-0.05, 0) is 31.9 Å². The van der Waals surface area contributed by atoms with E-state index in [0.29, 0.717) is 5.82 Å². The summed E-state index contributed by atoms with van der Waals surface area (Å²) in [5, 5.41) is 19.9. The number of aromatic nitrogens is 5. The van der Waals surface area contributed by atoms with Crippen molar-refractivity contribution in [1.29, 1.82) is 0 Å². The molecule has 0 spiro atoms. The fourth-order valence-corrected chi connectivity index (χ4v) is 4.21. The van der Waals surface area contributed by atoms with Gasteiger partial charge in [0.2, 0.25) is 5.95 Å². The van der Waals surface area contributed by atoms with E-state index in [0.717, 1.165) is 25.0 Å². The van der Waals surface area contributed by atoms with Crippen LogP contribution in [0.25, 0.3) is 0 Å². The summed E-state index contributed by atoms with van der Waals surface area (Å²) in [5.41, 5.74) is 4.80. The van der Waals surface area contributed by atoms with E-state index in [1.165, 1.54) is 26.2 Å². The second-order valence-corrected chi connectivity index (χ2v) is 9.79. The largest absolute Gasteiger partial charge is 0.478 e. The Balaban J connectivity index is 0.000000252. The molecule has 2 aromatic heterocycles. The number of carboxylic acid groups (broad SMARTS) is 2. The number of carboxylic acids is 2. The Kier molecular flexibility index (Phi) is 8.77. The third kappa shape index (κ3) is 7.45. The number of sulfonamides is 1. The maximum absolute atomic E-state index is 12.2. The minimum atomic E-state index is -4.43. The summed E-state index contributed by atoms with van der Waals surface area (Å²) in [5.74, 6) is -1.83. The first-order chi connectivity index (χ1) is 18.3. The number of nitrogens with zero attached hydrogens (tertiary/aromatic N) is 5. The van der Waals surface area contributed by atoms with E-state index < -0.39 is 38.5 Å². The first kappa shape index (κ1) is 28.9. The number of carbonyl (C=O) groups excluding carboxylic acids is 1. The minimum absolute atomic E-state index is 0.0426. The molecule has 1 aliphatic rings. The Labute approximate surface area is 225 Å². The number of hydrogen-bond donors (Lipinski definition) is 5. The molecule has 1 aliphatic carbocycles. The molecular weight excluding hydrogens is 560 g/mol. The number of amides is 2. The van der Waals surface area contributed by atoms with Crippen LogP contribution in [-0.4, -0.2) is 68.6 Å². The molecule has 1 fully saturated rings. The first-order valence-electron chi connectivity index (χ1n) is 10.8. The van der Waals surface area contributed by atoms with Crippen LogP contribution in [0.4, 0.5) is 16.6 Å². The number of nitrogens with two attached hydrogens (primary N) is 1. The van der Waals surface area contributed by atoms with Gasteiger partial charge in [-0.3, -0.25) is 5.32 Å². The highest BCUT2D eigenvalue weighted by Crippen LogP contribution is 2.39. The average Bonchev–Trinajstić information content (AvgIpc) is 3.70.